The minimum absolute atomic E-state index is 0.0160. The third kappa shape index (κ3) is 7.83. The molecular formula is C32H32FIN2O7. The fourth-order valence-electron chi connectivity index (χ4n) is 4.28. The number of amides is 4. The first-order valence-electron chi connectivity index (χ1n) is 13.9. The Labute approximate surface area is 263 Å². The molecule has 3 aromatic rings. The Morgan fingerprint density at radius 1 is 0.884 bits per heavy atom. The number of ether oxygens (including phenoxy) is 4. The molecule has 1 saturated heterocycles. The van der Waals surface area contributed by atoms with E-state index in [2.05, 4.69) is 27.9 Å². The molecule has 226 valence electrons. The molecule has 1 heterocycles. The average molecular weight is 703 g/mol. The van der Waals surface area contributed by atoms with Crippen molar-refractivity contribution < 1.29 is 37.7 Å². The summed E-state index contributed by atoms with van der Waals surface area (Å²) in [5, 5.41) is 2.25. The predicted octanol–water partition coefficient (Wildman–Crippen LogP) is 6.26. The number of halogens is 2. The molecule has 0 aliphatic carbocycles. The highest BCUT2D eigenvalue weighted by molar-refractivity contribution is 14.1. The molecule has 0 unspecified atom stereocenters. The summed E-state index contributed by atoms with van der Waals surface area (Å²) in [4.78, 5) is 39.9. The number of hydrogen-bond donors (Lipinski definition) is 1. The van der Waals surface area contributed by atoms with Gasteiger partial charge in [0.2, 0.25) is 0 Å². The monoisotopic (exact) mass is 702 g/mol. The van der Waals surface area contributed by atoms with Gasteiger partial charge in [0.25, 0.3) is 11.8 Å². The van der Waals surface area contributed by atoms with Crippen LogP contribution in [-0.4, -0.2) is 42.6 Å². The molecule has 11 heteroatoms. The minimum Gasteiger partial charge on any atom is -0.490 e. The Morgan fingerprint density at radius 3 is 2.35 bits per heavy atom. The van der Waals surface area contributed by atoms with E-state index in [9.17, 15) is 18.8 Å². The van der Waals surface area contributed by atoms with Gasteiger partial charge in [0.15, 0.2) is 23.0 Å². The molecule has 0 saturated carbocycles. The molecular weight excluding hydrogens is 670 g/mol. The molecule has 0 atom stereocenters. The third-order valence-corrected chi connectivity index (χ3v) is 7.07. The molecule has 4 amide bonds. The van der Waals surface area contributed by atoms with Gasteiger partial charge in [-0.25, -0.2) is 9.18 Å². The highest BCUT2D eigenvalue weighted by Gasteiger charge is 2.36. The average Bonchev–Trinajstić information content (AvgIpc) is 2.98. The summed E-state index contributed by atoms with van der Waals surface area (Å²) < 4.78 is 37.9. The van der Waals surface area contributed by atoms with E-state index in [1.807, 2.05) is 13.8 Å². The van der Waals surface area contributed by atoms with Gasteiger partial charge in [-0.15, -0.1) is 0 Å². The zero-order chi connectivity index (χ0) is 30.9. The predicted molar refractivity (Wildman–Crippen MR) is 167 cm³/mol. The van der Waals surface area contributed by atoms with Crippen molar-refractivity contribution in [2.45, 2.75) is 40.3 Å². The Bertz CT molecular complexity index is 1540. The fourth-order valence-corrected chi connectivity index (χ4v) is 5.06. The van der Waals surface area contributed by atoms with Crippen molar-refractivity contribution in [1.29, 1.82) is 0 Å². The number of benzene rings is 3. The number of imide groups is 2. The van der Waals surface area contributed by atoms with Crippen LogP contribution in [0, 0.1) is 9.39 Å². The number of hydrogen-bond acceptors (Lipinski definition) is 7. The van der Waals surface area contributed by atoms with Crippen LogP contribution in [0.2, 0.25) is 0 Å². The van der Waals surface area contributed by atoms with Gasteiger partial charge in [-0.2, -0.15) is 0 Å². The van der Waals surface area contributed by atoms with Crippen LogP contribution in [0.15, 0.2) is 60.2 Å². The second kappa shape index (κ2) is 14.9. The van der Waals surface area contributed by atoms with Gasteiger partial charge >= 0.3 is 6.03 Å². The van der Waals surface area contributed by atoms with E-state index in [4.69, 9.17) is 18.9 Å². The van der Waals surface area contributed by atoms with E-state index in [-0.39, 0.29) is 24.5 Å². The standard InChI is InChI=1S/C32H32FIN2O7/c1-4-13-42-26-12-11-20(16-27(26)40-5-2)18-36-31(38)23(30(37)35-32(36)39)14-21-15-25(34)29(28(17-21)41-6-3)43-19-22-9-7-8-10-24(22)33/h7-12,14-17H,4-6,13,18-19H2,1-3H3,(H,35,37,39)/b23-14+. The number of carbonyl (C=O) groups excluding carboxylic acids is 3. The molecule has 4 rings (SSSR count). The molecule has 1 aliphatic heterocycles. The van der Waals surface area contributed by atoms with E-state index in [0.717, 1.165) is 11.3 Å². The Hall–Kier alpha value is -4.13. The molecule has 1 fully saturated rings. The highest BCUT2D eigenvalue weighted by Crippen LogP contribution is 2.36. The number of urea groups is 1. The van der Waals surface area contributed by atoms with Crippen LogP contribution in [-0.2, 0) is 22.7 Å². The first kappa shape index (κ1) is 31.8. The molecule has 43 heavy (non-hydrogen) atoms. The van der Waals surface area contributed by atoms with Crippen molar-refractivity contribution in [2.24, 2.45) is 0 Å². The zero-order valence-corrected chi connectivity index (χ0v) is 26.2. The summed E-state index contributed by atoms with van der Waals surface area (Å²) >= 11 is 2.05. The van der Waals surface area contributed by atoms with Crippen LogP contribution in [0.3, 0.4) is 0 Å². The quantitative estimate of drug-likeness (QED) is 0.128. The van der Waals surface area contributed by atoms with Crippen molar-refractivity contribution in [3.05, 3.63) is 86.2 Å². The Balaban J connectivity index is 1.59. The van der Waals surface area contributed by atoms with Gasteiger partial charge in [0.1, 0.15) is 18.0 Å². The lowest BCUT2D eigenvalue weighted by Gasteiger charge is -2.26. The maximum Gasteiger partial charge on any atom is 0.331 e. The number of carbonyl (C=O) groups is 3. The van der Waals surface area contributed by atoms with E-state index in [1.54, 1.807) is 55.5 Å². The number of nitrogens with one attached hydrogen (secondary N) is 1. The number of nitrogens with zero attached hydrogens (tertiary/aromatic N) is 1. The first-order valence-corrected chi connectivity index (χ1v) is 14.9. The van der Waals surface area contributed by atoms with Crippen LogP contribution in [0.5, 0.6) is 23.0 Å². The van der Waals surface area contributed by atoms with Crippen LogP contribution in [0.4, 0.5) is 9.18 Å². The summed E-state index contributed by atoms with van der Waals surface area (Å²) in [6.45, 7) is 6.79. The Morgan fingerprint density at radius 2 is 1.63 bits per heavy atom. The van der Waals surface area contributed by atoms with Crippen molar-refractivity contribution >= 4 is 46.5 Å². The molecule has 3 aromatic carbocycles. The van der Waals surface area contributed by atoms with E-state index >= 15 is 0 Å². The first-order chi connectivity index (χ1) is 20.7. The topological polar surface area (TPSA) is 103 Å². The summed E-state index contributed by atoms with van der Waals surface area (Å²) in [7, 11) is 0. The molecule has 0 aromatic heterocycles. The molecule has 0 spiro atoms. The molecule has 1 aliphatic rings. The highest BCUT2D eigenvalue weighted by atomic mass is 127. The maximum atomic E-state index is 14.1. The minimum atomic E-state index is -0.821. The zero-order valence-electron chi connectivity index (χ0n) is 24.1. The van der Waals surface area contributed by atoms with Gasteiger partial charge in [-0.1, -0.05) is 31.2 Å². The Kier molecular flexibility index (Phi) is 11.0. The van der Waals surface area contributed by atoms with Crippen LogP contribution < -0.4 is 24.3 Å². The lowest BCUT2D eigenvalue weighted by Crippen LogP contribution is -2.53. The SMILES string of the molecule is CCCOc1ccc(CN2C(=O)NC(=O)/C(=C\c3cc(I)c(OCc4ccccc4F)c(OCC)c3)C2=O)cc1OCC. The van der Waals surface area contributed by atoms with Crippen LogP contribution >= 0.6 is 22.6 Å². The van der Waals surface area contributed by atoms with Crippen LogP contribution in [0.1, 0.15) is 43.9 Å². The normalized spacial score (nSPS) is 14.1. The van der Waals surface area contributed by atoms with E-state index in [0.29, 0.717) is 63.1 Å². The van der Waals surface area contributed by atoms with Crippen LogP contribution in [0.25, 0.3) is 6.08 Å². The van der Waals surface area contributed by atoms with Crippen molar-refractivity contribution in [3.63, 3.8) is 0 Å². The van der Waals surface area contributed by atoms with Gasteiger partial charge in [0, 0.05) is 5.56 Å². The lowest BCUT2D eigenvalue weighted by molar-refractivity contribution is -0.130. The molecule has 1 N–H and O–H groups in total. The number of rotatable bonds is 13. The van der Waals surface area contributed by atoms with E-state index < -0.39 is 17.8 Å². The summed E-state index contributed by atoms with van der Waals surface area (Å²) in [6, 6.07) is 14.0. The second-order valence-corrected chi connectivity index (χ2v) is 10.6. The molecule has 0 bridgehead atoms. The second-order valence-electron chi connectivity index (χ2n) is 9.41. The summed E-state index contributed by atoms with van der Waals surface area (Å²) in [5.41, 5.74) is 1.27. The van der Waals surface area contributed by atoms with Crippen molar-refractivity contribution in [3.8, 4) is 23.0 Å². The van der Waals surface area contributed by atoms with Crippen molar-refractivity contribution in [1.82, 2.24) is 10.2 Å². The third-order valence-electron chi connectivity index (χ3n) is 6.27. The molecule has 9 nitrogen and oxygen atoms in total. The van der Waals surface area contributed by atoms with Gasteiger partial charge in [-0.05, 0) is 90.4 Å². The summed E-state index contributed by atoms with van der Waals surface area (Å²) in [5.74, 6) is -0.0985. The van der Waals surface area contributed by atoms with Gasteiger partial charge in [0.05, 0.1) is 29.9 Å². The van der Waals surface area contributed by atoms with E-state index in [1.165, 1.54) is 12.1 Å². The maximum absolute atomic E-state index is 14.1. The smallest absolute Gasteiger partial charge is 0.331 e. The molecule has 0 radical (unpaired) electrons. The van der Waals surface area contributed by atoms with Crippen molar-refractivity contribution in [2.75, 3.05) is 19.8 Å². The van der Waals surface area contributed by atoms with Gasteiger partial charge in [-0.3, -0.25) is 19.8 Å². The summed E-state index contributed by atoms with van der Waals surface area (Å²) in [6.07, 6.45) is 2.23. The lowest BCUT2D eigenvalue weighted by atomic mass is 10.1. The van der Waals surface area contributed by atoms with Gasteiger partial charge < -0.3 is 18.9 Å². The number of barbiturate groups is 1. The largest absolute Gasteiger partial charge is 0.490 e. The fraction of sp³-hybridized carbons (Fsp3) is 0.281.